The summed E-state index contributed by atoms with van der Waals surface area (Å²) in [5.74, 6) is 0. The molecule has 0 unspecified atom stereocenters. The molecule has 0 aliphatic rings. The van der Waals surface area contributed by atoms with Crippen LogP contribution in [0.25, 0.3) is 0 Å². The van der Waals surface area contributed by atoms with Gasteiger partial charge in [0.2, 0.25) is 0 Å². The molecule has 0 fully saturated rings. The zero-order valence-electron chi connectivity index (χ0n) is 4.99. The van der Waals surface area contributed by atoms with Crippen molar-refractivity contribution >= 4 is 30.0 Å². The molecule has 9 heavy (non-hydrogen) atoms. The number of hydrogen-bond donors (Lipinski definition) is 0. The summed E-state index contributed by atoms with van der Waals surface area (Å²) >= 11 is 9.69. The summed E-state index contributed by atoms with van der Waals surface area (Å²) in [5.41, 5.74) is 2.25. The lowest BCUT2D eigenvalue weighted by Gasteiger charge is -1.57. The maximum Gasteiger partial charge on any atom is 0.106 e. The standard InChI is InChI=1S/C3H4.C2H2Cl2.CH2O/c1-3-2;1-2(3)4;1-2/h1-2H2;1H2;1H2. The van der Waals surface area contributed by atoms with E-state index in [0.29, 0.717) is 0 Å². The average Bonchev–Trinajstić information content (AvgIpc) is 1.71. The molecular weight excluding hydrogens is 159 g/mol. The maximum absolute atomic E-state index is 8.00. The van der Waals surface area contributed by atoms with E-state index in [1.54, 1.807) is 0 Å². The third kappa shape index (κ3) is 950. The highest BCUT2D eigenvalue weighted by atomic mass is 35.5. The molecule has 0 spiro atoms. The van der Waals surface area contributed by atoms with E-state index in [2.05, 4.69) is 25.5 Å². The number of rotatable bonds is 0. The Morgan fingerprint density at radius 1 is 1.22 bits per heavy atom. The Hall–Kier alpha value is -0.490. The molecule has 0 rings (SSSR count). The van der Waals surface area contributed by atoms with E-state index in [-0.39, 0.29) is 4.49 Å². The van der Waals surface area contributed by atoms with Crippen LogP contribution in [0.3, 0.4) is 0 Å². The second-order valence-corrected chi connectivity index (χ2v) is 1.69. The van der Waals surface area contributed by atoms with Crippen molar-refractivity contribution in [3.05, 3.63) is 30.0 Å². The van der Waals surface area contributed by atoms with Gasteiger partial charge in [-0.15, -0.1) is 5.73 Å². The van der Waals surface area contributed by atoms with Crippen molar-refractivity contribution in [2.75, 3.05) is 0 Å². The molecule has 0 saturated heterocycles. The maximum atomic E-state index is 8.00. The average molecular weight is 167 g/mol. The van der Waals surface area contributed by atoms with Gasteiger partial charge in [0.25, 0.3) is 0 Å². The zero-order chi connectivity index (χ0) is 8.28. The van der Waals surface area contributed by atoms with Crippen LogP contribution in [0, 0.1) is 0 Å². The molecule has 52 valence electrons. The van der Waals surface area contributed by atoms with Crippen LogP contribution in [0.1, 0.15) is 0 Å². The monoisotopic (exact) mass is 166 g/mol. The van der Waals surface area contributed by atoms with Crippen molar-refractivity contribution in [1.29, 1.82) is 0 Å². The van der Waals surface area contributed by atoms with Gasteiger partial charge >= 0.3 is 0 Å². The van der Waals surface area contributed by atoms with E-state index < -0.39 is 0 Å². The number of halogens is 2. The lowest BCUT2D eigenvalue weighted by Crippen LogP contribution is -1.24. The van der Waals surface area contributed by atoms with Crippen LogP contribution >= 0.6 is 23.2 Å². The van der Waals surface area contributed by atoms with Crippen LogP contribution < -0.4 is 0 Å². The summed E-state index contributed by atoms with van der Waals surface area (Å²) in [6.45, 7) is 11.3. The minimum atomic E-state index is 0.111. The van der Waals surface area contributed by atoms with Gasteiger partial charge < -0.3 is 4.79 Å². The van der Waals surface area contributed by atoms with Crippen LogP contribution in [0.2, 0.25) is 0 Å². The Bertz CT molecular complexity index is 89.2. The van der Waals surface area contributed by atoms with Crippen LogP contribution in [0.4, 0.5) is 0 Å². The third-order valence-electron chi connectivity index (χ3n) is 0. The Morgan fingerprint density at radius 2 is 1.22 bits per heavy atom. The van der Waals surface area contributed by atoms with Crippen molar-refractivity contribution in [2.24, 2.45) is 0 Å². The van der Waals surface area contributed by atoms with E-state index in [4.69, 9.17) is 28.0 Å². The van der Waals surface area contributed by atoms with Gasteiger partial charge in [0.15, 0.2) is 0 Å². The Balaban J connectivity index is -0.0000000646. The minimum Gasteiger partial charge on any atom is -0.307 e. The highest BCUT2D eigenvalue weighted by Gasteiger charge is 1.60. The molecule has 1 nitrogen and oxygen atoms in total. The smallest absolute Gasteiger partial charge is 0.106 e. The second-order valence-electron chi connectivity index (χ2n) is 0.589. The summed E-state index contributed by atoms with van der Waals surface area (Å²) in [4.78, 5) is 8.00. The van der Waals surface area contributed by atoms with Crippen molar-refractivity contribution in [1.82, 2.24) is 0 Å². The normalized spacial score (nSPS) is 4.22. The number of carbonyl (C=O) groups excluding carboxylic acids is 1. The van der Waals surface area contributed by atoms with E-state index in [0.717, 1.165) is 0 Å². The van der Waals surface area contributed by atoms with Gasteiger partial charge in [0.1, 0.15) is 6.79 Å². The molecule has 0 aromatic carbocycles. The molecule has 0 amide bonds. The number of carbonyl (C=O) groups is 1. The molecule has 0 bridgehead atoms. The Labute approximate surface area is 65.3 Å². The zero-order valence-corrected chi connectivity index (χ0v) is 6.50. The lowest BCUT2D eigenvalue weighted by atomic mass is 11.0. The largest absolute Gasteiger partial charge is 0.307 e. The molecule has 0 atom stereocenters. The predicted octanol–water partition coefficient (Wildman–Crippen LogP) is 2.71. The summed E-state index contributed by atoms with van der Waals surface area (Å²) in [6.07, 6.45) is 0. The van der Waals surface area contributed by atoms with Gasteiger partial charge in [-0.25, -0.2) is 0 Å². The predicted molar refractivity (Wildman–Crippen MR) is 42.7 cm³/mol. The van der Waals surface area contributed by atoms with Crippen molar-refractivity contribution in [3.63, 3.8) is 0 Å². The molecule has 0 heterocycles. The molecular formula is C6H8Cl2O. The fraction of sp³-hybridized carbons (Fsp3) is 0. The second kappa shape index (κ2) is 25.8. The quantitative estimate of drug-likeness (QED) is 0.507. The topological polar surface area (TPSA) is 17.1 Å². The first kappa shape index (κ1) is 15.8. The molecule has 3 heteroatoms. The van der Waals surface area contributed by atoms with Gasteiger partial charge in [-0.2, -0.15) is 0 Å². The highest BCUT2D eigenvalue weighted by Crippen LogP contribution is 1.98. The summed E-state index contributed by atoms with van der Waals surface area (Å²) in [7, 11) is 0. The van der Waals surface area contributed by atoms with E-state index in [1.807, 2.05) is 6.79 Å². The minimum absolute atomic E-state index is 0.111. The molecule has 0 radical (unpaired) electrons. The first-order valence-corrected chi connectivity index (χ1v) is 2.48. The fourth-order valence-corrected chi connectivity index (χ4v) is 0. The van der Waals surface area contributed by atoms with Gasteiger partial charge in [-0.3, -0.25) is 0 Å². The molecule has 0 aliphatic heterocycles. The van der Waals surface area contributed by atoms with Crippen LogP contribution in [-0.2, 0) is 4.79 Å². The first-order chi connectivity index (χ1) is 4.15. The van der Waals surface area contributed by atoms with Crippen molar-refractivity contribution in [2.45, 2.75) is 0 Å². The van der Waals surface area contributed by atoms with Crippen LogP contribution in [-0.4, -0.2) is 6.79 Å². The van der Waals surface area contributed by atoms with Gasteiger partial charge in [0, 0.05) is 0 Å². The third-order valence-corrected chi connectivity index (χ3v) is 0. The first-order valence-electron chi connectivity index (χ1n) is 1.73. The van der Waals surface area contributed by atoms with Crippen LogP contribution in [0.5, 0.6) is 0 Å². The van der Waals surface area contributed by atoms with Gasteiger partial charge in [-0.1, -0.05) is 42.9 Å². The SMILES string of the molecule is C=C(Cl)Cl.C=C=C.C=O. The van der Waals surface area contributed by atoms with E-state index in [9.17, 15) is 0 Å². The summed E-state index contributed by atoms with van der Waals surface area (Å²) in [5, 5.41) is 0. The summed E-state index contributed by atoms with van der Waals surface area (Å²) in [6, 6.07) is 0. The molecule has 0 N–H and O–H groups in total. The fourth-order valence-electron chi connectivity index (χ4n) is 0. The van der Waals surface area contributed by atoms with Crippen molar-refractivity contribution in [3.8, 4) is 0 Å². The van der Waals surface area contributed by atoms with Gasteiger partial charge in [0.05, 0.1) is 4.49 Å². The number of hydrogen-bond acceptors (Lipinski definition) is 1. The molecule has 0 aliphatic carbocycles. The lowest BCUT2D eigenvalue weighted by molar-refractivity contribution is -0.0979. The molecule has 0 aromatic rings. The Morgan fingerprint density at radius 3 is 1.22 bits per heavy atom. The highest BCUT2D eigenvalue weighted by molar-refractivity contribution is 6.55. The van der Waals surface area contributed by atoms with Crippen LogP contribution in [0.15, 0.2) is 30.0 Å². The molecule has 0 aromatic heterocycles. The molecule has 0 saturated carbocycles. The van der Waals surface area contributed by atoms with E-state index in [1.165, 1.54) is 0 Å². The van der Waals surface area contributed by atoms with Gasteiger partial charge in [-0.05, 0) is 0 Å². The van der Waals surface area contributed by atoms with E-state index >= 15 is 0 Å². The van der Waals surface area contributed by atoms with Crippen molar-refractivity contribution < 1.29 is 4.79 Å². The Kier molecular flexibility index (Phi) is 45.4. The summed E-state index contributed by atoms with van der Waals surface area (Å²) < 4.78 is 0.111.